The minimum atomic E-state index is -0.318. The molecule has 4 aromatic rings. The highest BCUT2D eigenvalue weighted by atomic mass is 32.1. The summed E-state index contributed by atoms with van der Waals surface area (Å²) in [6, 6.07) is 20.7. The number of benzene rings is 2. The lowest BCUT2D eigenvalue weighted by molar-refractivity contribution is -0.120. The monoisotopic (exact) mass is 431 g/mol. The largest absolute Gasteiger partial charge is 0.459 e. The molecule has 31 heavy (non-hydrogen) atoms. The Kier molecular flexibility index (Phi) is 6.54. The smallest absolute Gasteiger partial charge is 0.291 e. The molecule has 0 atom stereocenters. The molecular weight excluding hydrogens is 410 g/mol. The first-order chi connectivity index (χ1) is 15.2. The van der Waals surface area contributed by atoms with E-state index in [0.29, 0.717) is 12.2 Å². The Bertz CT molecular complexity index is 1150. The number of amides is 2. The topological polar surface area (TPSA) is 84.2 Å². The Hall–Kier alpha value is -3.71. The molecule has 0 aliphatic heterocycles. The fourth-order valence-electron chi connectivity index (χ4n) is 3.07. The molecule has 0 aliphatic rings. The Morgan fingerprint density at radius 1 is 0.968 bits per heavy atom. The van der Waals surface area contributed by atoms with Crippen molar-refractivity contribution in [1.29, 1.82) is 0 Å². The first kappa shape index (κ1) is 20.6. The van der Waals surface area contributed by atoms with Gasteiger partial charge in [0.15, 0.2) is 5.76 Å². The molecule has 2 aromatic carbocycles. The SMILES string of the molecule is O=C(Cc1csc(Cc2ccccc2)n1)NCc1cccc(NC(=O)c2ccco2)c1. The number of nitrogens with one attached hydrogen (secondary N) is 2. The summed E-state index contributed by atoms with van der Waals surface area (Å²) in [6.45, 7) is 0.365. The molecule has 7 heteroatoms. The van der Waals surface area contributed by atoms with Crippen molar-refractivity contribution in [2.24, 2.45) is 0 Å². The van der Waals surface area contributed by atoms with Crippen molar-refractivity contribution in [3.05, 3.63) is 106 Å². The third-order valence-electron chi connectivity index (χ3n) is 4.56. The van der Waals surface area contributed by atoms with Crippen molar-refractivity contribution < 1.29 is 14.0 Å². The van der Waals surface area contributed by atoms with Crippen LogP contribution in [0.4, 0.5) is 5.69 Å². The molecule has 0 spiro atoms. The average molecular weight is 432 g/mol. The number of carbonyl (C=O) groups excluding carboxylic acids is 2. The van der Waals surface area contributed by atoms with Crippen LogP contribution in [0.15, 0.2) is 82.8 Å². The van der Waals surface area contributed by atoms with Crippen LogP contribution in [0.2, 0.25) is 0 Å². The Morgan fingerprint density at radius 2 is 1.81 bits per heavy atom. The van der Waals surface area contributed by atoms with E-state index >= 15 is 0 Å². The lowest BCUT2D eigenvalue weighted by Gasteiger charge is -2.08. The summed E-state index contributed by atoms with van der Waals surface area (Å²) in [5.74, 6) is -0.170. The van der Waals surface area contributed by atoms with Gasteiger partial charge in [0, 0.05) is 24.0 Å². The molecule has 0 bridgehead atoms. The zero-order valence-electron chi connectivity index (χ0n) is 16.7. The quantitative estimate of drug-likeness (QED) is 0.432. The fraction of sp³-hybridized carbons (Fsp3) is 0.125. The number of rotatable bonds is 8. The molecule has 2 heterocycles. The molecule has 2 N–H and O–H groups in total. The summed E-state index contributed by atoms with van der Waals surface area (Å²) in [7, 11) is 0. The van der Waals surface area contributed by atoms with Crippen LogP contribution in [-0.4, -0.2) is 16.8 Å². The van der Waals surface area contributed by atoms with Gasteiger partial charge in [0.05, 0.1) is 23.4 Å². The van der Waals surface area contributed by atoms with Gasteiger partial charge in [-0.1, -0.05) is 42.5 Å². The summed E-state index contributed by atoms with van der Waals surface area (Å²) >= 11 is 1.57. The third kappa shape index (κ3) is 5.90. The van der Waals surface area contributed by atoms with Crippen molar-refractivity contribution in [2.75, 3.05) is 5.32 Å². The van der Waals surface area contributed by atoms with Crippen LogP contribution in [0.5, 0.6) is 0 Å². The third-order valence-corrected chi connectivity index (χ3v) is 5.46. The first-order valence-electron chi connectivity index (χ1n) is 9.83. The van der Waals surface area contributed by atoms with Crippen LogP contribution < -0.4 is 10.6 Å². The maximum atomic E-state index is 12.3. The Balaban J connectivity index is 1.28. The van der Waals surface area contributed by atoms with Gasteiger partial charge in [0.1, 0.15) is 0 Å². The standard InChI is InChI=1S/C24H21N3O3S/c28-22(14-20-16-31-23(26-20)13-17-6-2-1-3-7-17)25-15-18-8-4-9-19(12-18)27-24(29)21-10-5-11-30-21/h1-12,16H,13-15H2,(H,25,28)(H,27,29). The zero-order chi connectivity index (χ0) is 21.5. The van der Waals surface area contributed by atoms with Gasteiger partial charge >= 0.3 is 0 Å². The van der Waals surface area contributed by atoms with E-state index in [1.807, 2.05) is 41.8 Å². The molecule has 156 valence electrons. The predicted molar refractivity (Wildman–Crippen MR) is 120 cm³/mol. The van der Waals surface area contributed by atoms with E-state index < -0.39 is 0 Å². The summed E-state index contributed by atoms with van der Waals surface area (Å²) < 4.78 is 5.09. The summed E-state index contributed by atoms with van der Waals surface area (Å²) in [5.41, 5.74) is 3.49. The summed E-state index contributed by atoms with van der Waals surface area (Å²) in [5, 5.41) is 8.62. The van der Waals surface area contributed by atoms with Crippen molar-refractivity contribution in [2.45, 2.75) is 19.4 Å². The van der Waals surface area contributed by atoms with Crippen molar-refractivity contribution in [1.82, 2.24) is 10.3 Å². The van der Waals surface area contributed by atoms with Gasteiger partial charge in [0.2, 0.25) is 5.91 Å². The molecule has 0 saturated heterocycles. The second kappa shape index (κ2) is 9.86. The zero-order valence-corrected chi connectivity index (χ0v) is 17.5. The van der Waals surface area contributed by atoms with Gasteiger partial charge in [-0.2, -0.15) is 0 Å². The van der Waals surface area contributed by atoms with Crippen LogP contribution in [0, 0.1) is 0 Å². The molecule has 2 aromatic heterocycles. The van der Waals surface area contributed by atoms with E-state index in [2.05, 4.69) is 27.8 Å². The molecule has 0 fully saturated rings. The van der Waals surface area contributed by atoms with Crippen LogP contribution in [0.1, 0.15) is 32.4 Å². The van der Waals surface area contributed by atoms with Crippen LogP contribution in [0.25, 0.3) is 0 Å². The lowest BCUT2D eigenvalue weighted by atomic mass is 10.2. The van der Waals surface area contributed by atoms with Crippen LogP contribution >= 0.6 is 11.3 Å². The lowest BCUT2D eigenvalue weighted by Crippen LogP contribution is -2.24. The van der Waals surface area contributed by atoms with E-state index in [9.17, 15) is 9.59 Å². The number of carbonyl (C=O) groups is 2. The second-order valence-electron chi connectivity index (χ2n) is 6.98. The Labute approximate surface area is 184 Å². The predicted octanol–water partition coefficient (Wildman–Crippen LogP) is 4.44. The number of anilines is 1. The van der Waals surface area contributed by atoms with Gasteiger partial charge in [-0.15, -0.1) is 11.3 Å². The highest BCUT2D eigenvalue weighted by Gasteiger charge is 2.10. The van der Waals surface area contributed by atoms with Gasteiger partial charge in [-0.25, -0.2) is 4.98 Å². The van der Waals surface area contributed by atoms with Gasteiger partial charge in [0.25, 0.3) is 5.91 Å². The van der Waals surface area contributed by atoms with Gasteiger partial charge < -0.3 is 15.1 Å². The molecule has 4 rings (SSSR count). The number of nitrogens with zero attached hydrogens (tertiary/aromatic N) is 1. The van der Waals surface area contributed by atoms with Gasteiger partial charge in [-0.05, 0) is 35.4 Å². The summed E-state index contributed by atoms with van der Waals surface area (Å²) in [6.07, 6.45) is 2.46. The minimum absolute atomic E-state index is 0.0958. The first-order valence-corrected chi connectivity index (χ1v) is 10.7. The van der Waals surface area contributed by atoms with Crippen LogP contribution in [-0.2, 0) is 24.2 Å². The maximum Gasteiger partial charge on any atom is 0.291 e. The second-order valence-corrected chi connectivity index (χ2v) is 7.92. The van der Waals surface area contributed by atoms with Crippen LogP contribution in [0.3, 0.4) is 0 Å². The Morgan fingerprint density at radius 3 is 2.61 bits per heavy atom. The molecule has 0 aliphatic carbocycles. The molecule has 0 unspecified atom stereocenters. The highest BCUT2D eigenvalue weighted by molar-refractivity contribution is 7.09. The number of thiazole rings is 1. The highest BCUT2D eigenvalue weighted by Crippen LogP contribution is 2.16. The molecule has 0 saturated carbocycles. The van der Waals surface area contributed by atoms with E-state index in [1.165, 1.54) is 11.8 Å². The molecule has 2 amide bonds. The molecule has 0 radical (unpaired) electrons. The average Bonchev–Trinajstić information content (AvgIpc) is 3.46. The van der Waals surface area contributed by atoms with E-state index in [0.717, 1.165) is 22.7 Å². The summed E-state index contributed by atoms with van der Waals surface area (Å²) in [4.78, 5) is 29.0. The van der Waals surface area contributed by atoms with E-state index in [1.54, 1.807) is 29.5 Å². The number of hydrogen-bond donors (Lipinski definition) is 2. The van der Waals surface area contributed by atoms with Gasteiger partial charge in [-0.3, -0.25) is 9.59 Å². The van der Waals surface area contributed by atoms with Crippen molar-refractivity contribution in [3.8, 4) is 0 Å². The van der Waals surface area contributed by atoms with Crippen molar-refractivity contribution >= 4 is 28.8 Å². The minimum Gasteiger partial charge on any atom is -0.459 e. The fourth-order valence-corrected chi connectivity index (χ4v) is 3.90. The van der Waals surface area contributed by atoms with E-state index in [4.69, 9.17) is 4.42 Å². The van der Waals surface area contributed by atoms with E-state index in [-0.39, 0.29) is 24.0 Å². The number of hydrogen-bond acceptors (Lipinski definition) is 5. The molecular formula is C24H21N3O3S. The van der Waals surface area contributed by atoms with Crippen molar-refractivity contribution in [3.63, 3.8) is 0 Å². The normalized spacial score (nSPS) is 10.6. The number of furan rings is 1. The number of aromatic nitrogens is 1. The molecule has 6 nitrogen and oxygen atoms in total. The maximum absolute atomic E-state index is 12.3.